The number of likely N-dealkylation sites (N-methyl/N-ethyl adjacent to an activating group) is 1. The fourth-order valence-corrected chi connectivity index (χ4v) is 3.78. The Hall–Kier alpha value is -3.15. The predicted molar refractivity (Wildman–Crippen MR) is 127 cm³/mol. The fourth-order valence-electron chi connectivity index (χ4n) is 3.78. The largest absolute Gasteiger partial charge is 0.497 e. The van der Waals surface area contributed by atoms with E-state index in [-0.39, 0.29) is 37.0 Å². The van der Waals surface area contributed by atoms with Gasteiger partial charge in [0.2, 0.25) is 11.8 Å². The van der Waals surface area contributed by atoms with Crippen LogP contribution < -0.4 is 10.1 Å². The van der Waals surface area contributed by atoms with Crippen LogP contribution in [-0.2, 0) is 9.59 Å². The molecule has 0 aliphatic carbocycles. The number of benzene rings is 2. The van der Waals surface area contributed by atoms with E-state index >= 15 is 0 Å². The van der Waals surface area contributed by atoms with Gasteiger partial charge in [-0.05, 0) is 61.6 Å². The second kappa shape index (κ2) is 10.4. The normalized spacial score (nSPS) is 11.1. The van der Waals surface area contributed by atoms with E-state index in [9.17, 15) is 14.4 Å². The summed E-state index contributed by atoms with van der Waals surface area (Å²) in [7, 11) is 3.18. The highest BCUT2D eigenvalue weighted by atomic mass is 16.5. The first kappa shape index (κ1) is 25.1. The van der Waals surface area contributed by atoms with Gasteiger partial charge in [-0.2, -0.15) is 0 Å². The Bertz CT molecular complexity index is 970. The van der Waals surface area contributed by atoms with E-state index in [1.54, 1.807) is 38.4 Å². The lowest BCUT2D eigenvalue weighted by atomic mass is 9.82. The van der Waals surface area contributed by atoms with Crippen molar-refractivity contribution >= 4 is 23.3 Å². The van der Waals surface area contributed by atoms with E-state index in [1.807, 2.05) is 46.8 Å². The Labute approximate surface area is 191 Å². The van der Waals surface area contributed by atoms with Crippen molar-refractivity contribution in [2.24, 2.45) is 5.41 Å². The number of hydrogen-bond donors (Lipinski definition) is 1. The third kappa shape index (κ3) is 6.94. The fraction of sp³-hybridized carbons (Fsp3) is 0.423. The van der Waals surface area contributed by atoms with Crippen molar-refractivity contribution in [2.45, 2.75) is 47.5 Å². The summed E-state index contributed by atoms with van der Waals surface area (Å²) in [5, 5.41) is 2.92. The highest BCUT2D eigenvalue weighted by molar-refractivity contribution is 5.97. The first-order valence-corrected chi connectivity index (χ1v) is 10.7. The number of nitrogens with one attached hydrogen (secondary N) is 1. The van der Waals surface area contributed by atoms with Crippen LogP contribution in [0.25, 0.3) is 0 Å². The second-order valence-corrected chi connectivity index (χ2v) is 9.24. The number of ketones is 1. The number of rotatable bonds is 9. The van der Waals surface area contributed by atoms with Crippen LogP contribution in [0.15, 0.2) is 36.4 Å². The maximum absolute atomic E-state index is 12.7. The van der Waals surface area contributed by atoms with Gasteiger partial charge in [-0.1, -0.05) is 31.5 Å². The van der Waals surface area contributed by atoms with Crippen molar-refractivity contribution < 1.29 is 19.1 Å². The molecule has 2 aromatic carbocycles. The van der Waals surface area contributed by atoms with Gasteiger partial charge in [-0.15, -0.1) is 0 Å². The Morgan fingerprint density at radius 1 is 0.969 bits per heavy atom. The summed E-state index contributed by atoms with van der Waals surface area (Å²) in [5.74, 6) is 0.233. The van der Waals surface area contributed by atoms with Gasteiger partial charge in [0.1, 0.15) is 5.75 Å². The average Bonchev–Trinajstić information content (AvgIpc) is 2.69. The number of methoxy groups -OCH3 is 1. The number of hydrogen-bond acceptors (Lipinski definition) is 4. The van der Waals surface area contributed by atoms with E-state index in [4.69, 9.17) is 4.74 Å². The molecule has 0 unspecified atom stereocenters. The van der Waals surface area contributed by atoms with Gasteiger partial charge >= 0.3 is 0 Å². The quantitative estimate of drug-likeness (QED) is 0.576. The summed E-state index contributed by atoms with van der Waals surface area (Å²) < 4.78 is 5.12. The van der Waals surface area contributed by atoms with Crippen LogP contribution in [-0.4, -0.2) is 43.2 Å². The summed E-state index contributed by atoms with van der Waals surface area (Å²) in [6, 6.07) is 11.0. The number of carbonyl (C=O) groups is 3. The Balaban J connectivity index is 1.93. The lowest BCUT2D eigenvalue weighted by molar-refractivity contribution is -0.135. The smallest absolute Gasteiger partial charge is 0.243 e. The third-order valence-electron chi connectivity index (χ3n) is 5.43. The minimum atomic E-state index is -0.539. The van der Waals surface area contributed by atoms with E-state index < -0.39 is 5.41 Å². The predicted octanol–water partition coefficient (Wildman–Crippen LogP) is 4.71. The number of aryl methyl sites for hydroxylation is 3. The van der Waals surface area contributed by atoms with Crippen molar-refractivity contribution in [3.63, 3.8) is 0 Å². The van der Waals surface area contributed by atoms with Crippen LogP contribution in [0.4, 0.5) is 5.69 Å². The minimum absolute atomic E-state index is 0.0313. The molecular weight excluding hydrogens is 404 g/mol. The van der Waals surface area contributed by atoms with Gasteiger partial charge in [-0.25, -0.2) is 0 Å². The van der Waals surface area contributed by atoms with Crippen LogP contribution >= 0.6 is 0 Å². The van der Waals surface area contributed by atoms with Crippen molar-refractivity contribution in [2.75, 3.05) is 26.0 Å². The van der Waals surface area contributed by atoms with Gasteiger partial charge in [0.15, 0.2) is 5.78 Å². The number of anilines is 1. The SMILES string of the molecule is COc1ccc(C(=O)CC(C)(C)CC(=O)N(C)CC(=O)Nc2c(C)cc(C)cc2C)cc1. The topological polar surface area (TPSA) is 75.7 Å². The summed E-state index contributed by atoms with van der Waals surface area (Å²) in [6.07, 6.45) is 0.397. The van der Waals surface area contributed by atoms with Crippen LogP contribution in [0, 0.1) is 26.2 Å². The van der Waals surface area contributed by atoms with Gasteiger partial charge in [0.25, 0.3) is 0 Å². The molecule has 32 heavy (non-hydrogen) atoms. The first-order chi connectivity index (χ1) is 14.9. The summed E-state index contributed by atoms with van der Waals surface area (Å²) in [4.78, 5) is 39.3. The standard InChI is InChI=1S/C26H34N2O4/c1-17-12-18(2)25(19(3)13-17)27-23(30)16-28(6)24(31)15-26(4,5)14-22(29)20-8-10-21(32-7)11-9-20/h8-13H,14-16H2,1-7H3,(H,27,30). The molecular formula is C26H34N2O4. The van der Waals surface area contributed by atoms with Crippen LogP contribution in [0.2, 0.25) is 0 Å². The molecule has 0 aromatic heterocycles. The second-order valence-electron chi connectivity index (χ2n) is 9.24. The van der Waals surface area contributed by atoms with Crippen molar-refractivity contribution in [1.82, 2.24) is 4.90 Å². The first-order valence-electron chi connectivity index (χ1n) is 10.7. The molecule has 0 fully saturated rings. The summed E-state index contributed by atoms with van der Waals surface area (Å²) in [6.45, 7) is 9.64. The highest BCUT2D eigenvalue weighted by Gasteiger charge is 2.28. The summed E-state index contributed by atoms with van der Waals surface area (Å²) in [5.41, 5.74) is 3.95. The van der Waals surface area contributed by atoms with Crippen molar-refractivity contribution in [3.8, 4) is 5.75 Å². The number of amides is 2. The molecule has 2 rings (SSSR count). The monoisotopic (exact) mass is 438 g/mol. The molecule has 6 nitrogen and oxygen atoms in total. The number of nitrogens with zero attached hydrogens (tertiary/aromatic N) is 1. The molecule has 172 valence electrons. The minimum Gasteiger partial charge on any atom is -0.497 e. The van der Waals surface area contributed by atoms with Crippen LogP contribution in [0.3, 0.4) is 0 Å². The molecule has 0 radical (unpaired) electrons. The Morgan fingerprint density at radius 2 is 1.53 bits per heavy atom. The molecule has 0 saturated heterocycles. The van der Waals surface area contributed by atoms with Gasteiger partial charge < -0.3 is 15.0 Å². The Morgan fingerprint density at radius 3 is 2.06 bits per heavy atom. The molecule has 0 heterocycles. The Kier molecular flexibility index (Phi) is 8.19. The van der Waals surface area contributed by atoms with Crippen molar-refractivity contribution in [1.29, 1.82) is 0 Å². The van der Waals surface area contributed by atoms with E-state index in [0.717, 1.165) is 22.4 Å². The highest BCUT2D eigenvalue weighted by Crippen LogP contribution is 2.28. The molecule has 2 amide bonds. The van der Waals surface area contributed by atoms with Gasteiger partial charge in [0.05, 0.1) is 13.7 Å². The van der Waals surface area contributed by atoms with Crippen molar-refractivity contribution in [3.05, 3.63) is 58.7 Å². The van der Waals surface area contributed by atoms with E-state index in [0.29, 0.717) is 11.3 Å². The van der Waals surface area contributed by atoms with Crippen LogP contribution in [0.5, 0.6) is 5.75 Å². The molecule has 0 spiro atoms. The zero-order valence-corrected chi connectivity index (χ0v) is 20.2. The average molecular weight is 439 g/mol. The molecule has 0 atom stereocenters. The zero-order chi connectivity index (χ0) is 24.1. The molecule has 1 N–H and O–H groups in total. The van der Waals surface area contributed by atoms with Crippen LogP contribution in [0.1, 0.15) is 53.7 Å². The maximum Gasteiger partial charge on any atom is 0.243 e. The van der Waals surface area contributed by atoms with Gasteiger partial charge in [0, 0.05) is 31.1 Å². The lowest BCUT2D eigenvalue weighted by Gasteiger charge is -2.26. The summed E-state index contributed by atoms with van der Waals surface area (Å²) >= 11 is 0. The molecule has 0 saturated carbocycles. The molecule has 0 bridgehead atoms. The molecule has 0 aliphatic rings. The maximum atomic E-state index is 12.7. The zero-order valence-electron chi connectivity index (χ0n) is 20.2. The molecule has 2 aromatic rings. The van der Waals surface area contributed by atoms with E-state index in [1.165, 1.54) is 4.90 Å². The lowest BCUT2D eigenvalue weighted by Crippen LogP contribution is -2.37. The van der Waals surface area contributed by atoms with E-state index in [2.05, 4.69) is 5.32 Å². The number of Topliss-reactive ketones (excluding diaryl/α,β-unsaturated/α-hetero) is 1. The molecule has 0 aliphatic heterocycles. The number of carbonyl (C=O) groups excluding carboxylic acids is 3. The molecule has 6 heteroatoms. The number of ether oxygens (including phenoxy) is 1. The van der Waals surface area contributed by atoms with Gasteiger partial charge in [-0.3, -0.25) is 14.4 Å². The third-order valence-corrected chi connectivity index (χ3v) is 5.43.